The molecule has 1 aliphatic heterocycles. The largest absolute Gasteiger partial charge is 0.494 e. The van der Waals surface area contributed by atoms with E-state index in [1.807, 2.05) is 0 Å². The fourth-order valence-corrected chi connectivity index (χ4v) is 3.99. The fraction of sp³-hybridized carbons (Fsp3) is 0.320. The zero-order valence-electron chi connectivity index (χ0n) is 26.1. The first-order chi connectivity index (χ1) is 20.9. The van der Waals surface area contributed by atoms with Gasteiger partial charge in [0.2, 0.25) is 5.78 Å². The highest BCUT2D eigenvalue weighted by Gasteiger charge is 2.43. The van der Waals surface area contributed by atoms with Crippen LogP contribution in [0.5, 0.6) is 5.75 Å². The Morgan fingerprint density at radius 2 is 2.03 bits per heavy atom. The lowest BCUT2D eigenvalue weighted by atomic mass is 9.85. The number of anilines is 2. The maximum Gasteiger partial charge on any atom is 0.297 e. The van der Waals surface area contributed by atoms with Gasteiger partial charge in [0, 0.05) is 27.4 Å². The van der Waals surface area contributed by atoms with Crippen LogP contribution in [0.4, 0.5) is 29.1 Å². The van der Waals surface area contributed by atoms with Crippen molar-refractivity contribution >= 4 is 28.5 Å². The summed E-state index contributed by atoms with van der Waals surface area (Å²) in [6.45, 7) is -9.06. The summed E-state index contributed by atoms with van der Waals surface area (Å²) in [6.07, 6.45) is -2.53. The van der Waals surface area contributed by atoms with Gasteiger partial charge in [-0.25, -0.2) is 32.5 Å². The van der Waals surface area contributed by atoms with Gasteiger partial charge in [0.25, 0.3) is 6.43 Å². The third-order valence-electron chi connectivity index (χ3n) is 5.98. The summed E-state index contributed by atoms with van der Waals surface area (Å²) in [6, 6.07) is 2.34. The van der Waals surface area contributed by atoms with Gasteiger partial charge in [-0.2, -0.15) is 0 Å². The topological polar surface area (TPSA) is 138 Å². The van der Waals surface area contributed by atoms with Crippen molar-refractivity contribution in [2.75, 3.05) is 30.7 Å². The standard InChI is InChI=1S/C25H24F4N8O2/c1-39-19-7-15(26)14(6-16(19)27)17-5-13(9-37-12-35-20-23(30)33-11-34-24(20)37)18(8-32-17)36-4-2-3-25(31,10-36)21(38)22(28)29/h5-8,11-12,22H,2-4,9-10,31H2,1H3,(H2,30,33,34)/i4D2,9D2,10D2. The summed E-state index contributed by atoms with van der Waals surface area (Å²) >= 11 is 0. The number of piperidine rings is 1. The van der Waals surface area contributed by atoms with E-state index in [4.69, 9.17) is 24.4 Å². The van der Waals surface area contributed by atoms with E-state index < -0.39 is 90.0 Å². The predicted octanol–water partition coefficient (Wildman–Crippen LogP) is 2.94. The number of benzene rings is 1. The van der Waals surface area contributed by atoms with Crippen LogP contribution >= 0.6 is 0 Å². The van der Waals surface area contributed by atoms with Gasteiger partial charge in [-0.3, -0.25) is 9.78 Å². The lowest BCUT2D eigenvalue weighted by Gasteiger charge is -2.40. The van der Waals surface area contributed by atoms with Gasteiger partial charge in [-0.1, -0.05) is 0 Å². The molecule has 4 aromatic rings. The molecule has 39 heavy (non-hydrogen) atoms. The molecule has 4 N–H and O–H groups in total. The number of halogens is 4. The zero-order valence-corrected chi connectivity index (χ0v) is 20.1. The van der Waals surface area contributed by atoms with Crippen LogP contribution in [0.15, 0.2) is 37.1 Å². The molecular weight excluding hydrogens is 520 g/mol. The van der Waals surface area contributed by atoms with Crippen molar-refractivity contribution in [2.45, 2.75) is 31.3 Å². The molecule has 14 heteroatoms. The van der Waals surface area contributed by atoms with Gasteiger partial charge >= 0.3 is 0 Å². The number of pyridine rings is 1. The minimum atomic E-state index is -3.71. The highest BCUT2D eigenvalue weighted by Crippen LogP contribution is 2.34. The van der Waals surface area contributed by atoms with Crippen LogP contribution in [0, 0.1) is 11.6 Å². The molecule has 0 aliphatic carbocycles. The summed E-state index contributed by atoms with van der Waals surface area (Å²) in [5.74, 6) is -4.60. The Hall–Kier alpha value is -4.33. The van der Waals surface area contributed by atoms with Crippen LogP contribution in [-0.2, 0) is 11.3 Å². The first-order valence-corrected chi connectivity index (χ1v) is 11.3. The maximum absolute atomic E-state index is 15.1. The lowest BCUT2D eigenvalue weighted by molar-refractivity contribution is -0.135. The lowest BCUT2D eigenvalue weighted by Crippen LogP contribution is -2.61. The molecule has 0 spiro atoms. The number of nitrogen functional groups attached to an aromatic ring is 1. The summed E-state index contributed by atoms with van der Waals surface area (Å²) in [5.41, 5.74) is 6.48. The second-order valence-corrected chi connectivity index (χ2v) is 8.45. The van der Waals surface area contributed by atoms with Crippen LogP contribution in [0.3, 0.4) is 0 Å². The zero-order chi connectivity index (χ0) is 33.3. The van der Waals surface area contributed by atoms with E-state index in [0.29, 0.717) is 0 Å². The molecule has 0 bridgehead atoms. The number of imidazole rings is 1. The van der Waals surface area contributed by atoms with E-state index in [1.165, 1.54) is 0 Å². The molecule has 4 heterocycles. The Balaban J connectivity index is 1.82. The predicted molar refractivity (Wildman–Crippen MR) is 134 cm³/mol. The number of carbonyl (C=O) groups is 1. The molecule has 10 nitrogen and oxygen atoms in total. The van der Waals surface area contributed by atoms with Gasteiger partial charge in [-0.05, 0) is 30.5 Å². The van der Waals surface area contributed by atoms with Crippen molar-refractivity contribution in [3.8, 4) is 17.0 Å². The molecule has 1 unspecified atom stereocenters. The number of aromatic nitrogens is 5. The van der Waals surface area contributed by atoms with Crippen LogP contribution in [0.1, 0.15) is 26.6 Å². The number of methoxy groups -OCH3 is 1. The molecule has 5 rings (SSSR count). The van der Waals surface area contributed by atoms with E-state index in [-0.39, 0.29) is 21.9 Å². The number of hydrogen-bond acceptors (Lipinski definition) is 9. The third-order valence-corrected chi connectivity index (χ3v) is 5.98. The van der Waals surface area contributed by atoms with E-state index in [0.717, 1.165) is 48.7 Å². The normalized spacial score (nSPS) is 22.9. The summed E-state index contributed by atoms with van der Waals surface area (Å²) in [5, 5.41) is 0. The minimum Gasteiger partial charge on any atom is -0.494 e. The van der Waals surface area contributed by atoms with Gasteiger partial charge in [-0.15, -0.1) is 0 Å². The first-order valence-electron chi connectivity index (χ1n) is 14.3. The smallest absolute Gasteiger partial charge is 0.297 e. The number of fused-ring (bicyclic) bond motifs is 1. The Bertz CT molecular complexity index is 1830. The number of alkyl halides is 2. The maximum atomic E-state index is 15.1. The van der Waals surface area contributed by atoms with Crippen molar-refractivity contribution in [2.24, 2.45) is 5.73 Å². The van der Waals surface area contributed by atoms with Gasteiger partial charge in [0.15, 0.2) is 23.0 Å². The van der Waals surface area contributed by atoms with E-state index in [9.17, 15) is 18.0 Å². The first kappa shape index (κ1) is 19.7. The number of nitrogens with zero attached hydrogens (tertiary/aromatic N) is 6. The molecule has 0 amide bonds. The number of Topliss-reactive ketones (excluding diaryl/α,β-unsaturated/α-hetero) is 1. The molecule has 204 valence electrons. The van der Waals surface area contributed by atoms with E-state index >= 15 is 4.39 Å². The van der Waals surface area contributed by atoms with E-state index in [2.05, 4.69) is 19.9 Å². The molecule has 1 fully saturated rings. The van der Waals surface area contributed by atoms with Crippen LogP contribution in [0.25, 0.3) is 22.4 Å². The third kappa shape index (κ3) is 4.82. The second-order valence-electron chi connectivity index (χ2n) is 8.45. The van der Waals surface area contributed by atoms with Crippen molar-refractivity contribution in [1.29, 1.82) is 0 Å². The molecule has 1 atom stereocenters. The number of rotatable bonds is 7. The second kappa shape index (κ2) is 10.1. The minimum absolute atomic E-state index is 0.0346. The summed E-state index contributed by atoms with van der Waals surface area (Å²) in [4.78, 5) is 28.7. The Morgan fingerprint density at radius 3 is 2.77 bits per heavy atom. The number of nitrogens with two attached hydrogens (primary N) is 2. The Labute approximate surface area is 228 Å². The Morgan fingerprint density at radius 1 is 1.23 bits per heavy atom. The number of carbonyl (C=O) groups excluding carboxylic acids is 1. The summed E-state index contributed by atoms with van der Waals surface area (Å²) in [7, 11) is 1.11. The highest BCUT2D eigenvalue weighted by atomic mass is 19.3. The monoisotopic (exact) mass is 550 g/mol. The molecule has 3 aromatic heterocycles. The van der Waals surface area contributed by atoms with Crippen molar-refractivity contribution in [3.05, 3.63) is 54.2 Å². The average molecular weight is 551 g/mol. The quantitative estimate of drug-likeness (QED) is 0.333. The SMILES string of the molecule is [2H]C1([2H])CCC(N)(C(=O)C(F)F)C([2H])([2H])N1c1cnc(-c2cc(F)c(OC)cc2F)cc1C([2H])([2H])n1cnc2c(N)ncnc21. The number of hydrogen-bond donors (Lipinski definition) is 2. The molecular formula is C25H24F4N8O2. The van der Waals surface area contributed by atoms with Crippen LogP contribution in [0.2, 0.25) is 0 Å². The van der Waals surface area contributed by atoms with Crippen molar-refractivity contribution in [3.63, 3.8) is 0 Å². The van der Waals surface area contributed by atoms with Crippen molar-refractivity contribution in [1.82, 2.24) is 24.5 Å². The van der Waals surface area contributed by atoms with Gasteiger partial charge in [0.05, 0.1) is 48.5 Å². The van der Waals surface area contributed by atoms with Gasteiger partial charge in [0.1, 0.15) is 17.7 Å². The average Bonchev–Trinajstić information content (AvgIpc) is 3.42. The molecule has 0 saturated carbocycles. The Kier molecular flexibility index (Phi) is 5.10. The highest BCUT2D eigenvalue weighted by molar-refractivity contribution is 5.92. The van der Waals surface area contributed by atoms with Crippen molar-refractivity contribution < 1.29 is 35.3 Å². The fourth-order valence-electron chi connectivity index (χ4n) is 3.99. The van der Waals surface area contributed by atoms with Gasteiger partial charge < -0.3 is 25.7 Å². The van der Waals surface area contributed by atoms with Crippen LogP contribution < -0.4 is 21.1 Å². The molecule has 1 aromatic carbocycles. The number of ether oxygens (including phenoxy) is 1. The molecule has 1 aliphatic rings. The summed E-state index contributed by atoms with van der Waals surface area (Å²) < 4.78 is 116. The molecule has 0 radical (unpaired) electrons. The van der Waals surface area contributed by atoms with Crippen LogP contribution in [-0.4, -0.2) is 62.4 Å². The van der Waals surface area contributed by atoms with E-state index in [1.54, 1.807) is 0 Å². The number of ketones is 1. The molecule has 1 saturated heterocycles.